The topological polar surface area (TPSA) is 89.9 Å². The number of hydrogen-bond donors (Lipinski definition) is 1. The van der Waals surface area contributed by atoms with Crippen LogP contribution in [0.15, 0.2) is 23.8 Å². The number of ketones is 1. The Hall–Kier alpha value is -1.95. The molecule has 146 valence electrons. The number of carbonyl (C=O) groups excluding carboxylic acids is 3. The van der Waals surface area contributed by atoms with Crippen LogP contribution >= 0.6 is 0 Å². The van der Waals surface area contributed by atoms with Crippen LogP contribution < -0.4 is 0 Å². The Labute approximate surface area is 158 Å². The number of rotatable bonds is 1. The van der Waals surface area contributed by atoms with Crippen molar-refractivity contribution in [2.24, 2.45) is 29.6 Å². The van der Waals surface area contributed by atoms with Gasteiger partial charge in [0, 0.05) is 25.7 Å². The van der Waals surface area contributed by atoms with Crippen LogP contribution in [-0.2, 0) is 23.9 Å². The molecule has 1 N–H and O–H groups in total. The number of fused-ring (bicyclic) bond motifs is 5. The highest BCUT2D eigenvalue weighted by Crippen LogP contribution is 2.50. The molecule has 2 bridgehead atoms. The lowest BCUT2D eigenvalue weighted by Crippen LogP contribution is -2.40. The second-order valence-corrected chi connectivity index (χ2v) is 8.51. The Morgan fingerprint density at radius 3 is 2.67 bits per heavy atom. The van der Waals surface area contributed by atoms with Crippen LogP contribution in [0.1, 0.15) is 39.5 Å². The summed E-state index contributed by atoms with van der Waals surface area (Å²) >= 11 is 0. The summed E-state index contributed by atoms with van der Waals surface area (Å²) in [5.41, 5.74) is 0.148. The number of aliphatic hydroxyl groups is 1. The van der Waals surface area contributed by atoms with E-state index in [2.05, 4.69) is 19.1 Å². The van der Waals surface area contributed by atoms with E-state index in [-0.39, 0.29) is 59.4 Å². The zero-order valence-electron chi connectivity index (χ0n) is 15.7. The van der Waals surface area contributed by atoms with E-state index in [9.17, 15) is 19.5 Å². The molecule has 0 unspecified atom stereocenters. The minimum Gasteiger partial charge on any atom is -0.462 e. The molecular formula is C21H26O6. The van der Waals surface area contributed by atoms with Gasteiger partial charge in [-0.25, -0.2) is 4.79 Å². The van der Waals surface area contributed by atoms with Gasteiger partial charge in [-0.1, -0.05) is 25.2 Å². The first-order chi connectivity index (χ1) is 12.8. The summed E-state index contributed by atoms with van der Waals surface area (Å²) in [7, 11) is 0. The molecule has 1 saturated heterocycles. The molecule has 3 aliphatic carbocycles. The molecule has 0 aromatic heterocycles. The Balaban J connectivity index is 1.72. The fraction of sp³-hybridized carbons (Fsp3) is 0.667. The lowest BCUT2D eigenvalue weighted by atomic mass is 9.68. The van der Waals surface area contributed by atoms with Gasteiger partial charge in [-0.2, -0.15) is 0 Å². The van der Waals surface area contributed by atoms with Gasteiger partial charge in [0.1, 0.15) is 12.2 Å². The largest absolute Gasteiger partial charge is 0.462 e. The molecule has 6 heteroatoms. The molecule has 1 saturated carbocycles. The van der Waals surface area contributed by atoms with E-state index < -0.39 is 18.2 Å². The normalized spacial score (nSPS) is 45.4. The van der Waals surface area contributed by atoms with Crippen molar-refractivity contribution >= 4 is 17.7 Å². The highest BCUT2D eigenvalue weighted by atomic mass is 16.5. The highest BCUT2D eigenvalue weighted by Gasteiger charge is 2.49. The van der Waals surface area contributed by atoms with Crippen molar-refractivity contribution < 1.29 is 29.0 Å². The van der Waals surface area contributed by atoms with Crippen molar-refractivity contribution in [3.05, 3.63) is 23.8 Å². The lowest BCUT2D eigenvalue weighted by molar-refractivity contribution is -0.153. The standard InChI is InChI=1S/C21H26O6/c1-10-5-17-15(20(10)26-11(2)22)4-3-12-6-13(23)7-14-8-19(24)18(9-16(12)17)21(25)27-14/h3-4,9-10,12-17,20,23H,5-8H2,1-2H3/b18-9-/t10-,12-,13+,14-,15-,16+,17-,20-/m0/s1. The Morgan fingerprint density at radius 2 is 1.96 bits per heavy atom. The van der Waals surface area contributed by atoms with Gasteiger partial charge in [-0.05, 0) is 36.5 Å². The number of ether oxygens (including phenoxy) is 2. The summed E-state index contributed by atoms with van der Waals surface area (Å²) < 4.78 is 11.0. The minimum atomic E-state index is -0.625. The fourth-order valence-corrected chi connectivity index (χ4v) is 5.48. The van der Waals surface area contributed by atoms with Crippen molar-refractivity contribution in [2.45, 2.75) is 57.8 Å². The van der Waals surface area contributed by atoms with Gasteiger partial charge < -0.3 is 14.6 Å². The van der Waals surface area contributed by atoms with Crippen LogP contribution in [0.25, 0.3) is 0 Å². The van der Waals surface area contributed by atoms with Gasteiger partial charge in [0.25, 0.3) is 0 Å². The van der Waals surface area contributed by atoms with Crippen molar-refractivity contribution in [3.63, 3.8) is 0 Å². The maximum atomic E-state index is 12.5. The van der Waals surface area contributed by atoms with E-state index in [1.54, 1.807) is 6.08 Å². The first kappa shape index (κ1) is 18.4. The highest BCUT2D eigenvalue weighted by molar-refractivity contribution is 6.18. The smallest absolute Gasteiger partial charge is 0.341 e. The molecule has 5 aliphatic rings. The van der Waals surface area contributed by atoms with Gasteiger partial charge in [-0.3, -0.25) is 9.59 Å². The van der Waals surface area contributed by atoms with Crippen molar-refractivity contribution in [1.29, 1.82) is 0 Å². The van der Waals surface area contributed by atoms with Crippen LogP contribution in [0.2, 0.25) is 0 Å². The maximum absolute atomic E-state index is 12.5. The monoisotopic (exact) mass is 374 g/mol. The molecule has 0 radical (unpaired) electrons. The van der Waals surface area contributed by atoms with E-state index in [1.165, 1.54) is 6.92 Å². The number of carbonyl (C=O) groups is 3. The molecular weight excluding hydrogens is 348 g/mol. The van der Waals surface area contributed by atoms with Gasteiger partial charge >= 0.3 is 11.9 Å². The molecule has 2 heterocycles. The minimum absolute atomic E-state index is 0.0528. The number of esters is 2. The molecule has 8 atom stereocenters. The summed E-state index contributed by atoms with van der Waals surface area (Å²) in [5, 5.41) is 10.5. The summed E-state index contributed by atoms with van der Waals surface area (Å²) in [4.78, 5) is 36.4. The first-order valence-corrected chi connectivity index (χ1v) is 9.83. The lowest BCUT2D eigenvalue weighted by Gasteiger charge is -2.38. The zero-order chi connectivity index (χ0) is 19.3. The van der Waals surface area contributed by atoms with E-state index >= 15 is 0 Å². The summed E-state index contributed by atoms with van der Waals surface area (Å²) in [5.74, 6) is -0.642. The number of Topliss-reactive ketones (excluding diaryl/α,β-unsaturated/α-hetero) is 1. The molecule has 2 fully saturated rings. The SMILES string of the molecule is CC(=O)O[C@@H]1[C@H]2C=C[C@H]3C[C@@H](O)C[C@H]4CC(=O)/C(=C/[C@H]3[C@H]2C[C@@H]1C)C(=O)O4. The van der Waals surface area contributed by atoms with E-state index in [1.807, 2.05) is 0 Å². The number of hydrogen-bond acceptors (Lipinski definition) is 6. The molecule has 2 aliphatic heterocycles. The predicted molar refractivity (Wildman–Crippen MR) is 95.3 cm³/mol. The molecule has 0 spiro atoms. The van der Waals surface area contributed by atoms with Crippen LogP contribution in [0.4, 0.5) is 0 Å². The molecule has 6 nitrogen and oxygen atoms in total. The number of aliphatic hydroxyl groups excluding tert-OH is 1. The predicted octanol–water partition coefficient (Wildman–Crippen LogP) is 1.96. The van der Waals surface area contributed by atoms with Crippen LogP contribution in [0.5, 0.6) is 0 Å². The Bertz CT molecular complexity index is 702. The molecule has 5 rings (SSSR count). The molecule has 0 aromatic carbocycles. The third kappa shape index (κ3) is 3.35. The van der Waals surface area contributed by atoms with Gasteiger partial charge in [-0.15, -0.1) is 0 Å². The first-order valence-electron chi connectivity index (χ1n) is 9.83. The molecule has 27 heavy (non-hydrogen) atoms. The van der Waals surface area contributed by atoms with Crippen LogP contribution in [0.3, 0.4) is 0 Å². The maximum Gasteiger partial charge on any atom is 0.341 e. The van der Waals surface area contributed by atoms with Crippen molar-refractivity contribution in [1.82, 2.24) is 0 Å². The van der Waals surface area contributed by atoms with Gasteiger partial charge in [0.2, 0.25) is 0 Å². The van der Waals surface area contributed by atoms with Crippen LogP contribution in [0, 0.1) is 29.6 Å². The summed E-state index contributed by atoms with van der Waals surface area (Å²) in [6, 6.07) is 0. The van der Waals surface area contributed by atoms with Crippen molar-refractivity contribution in [2.75, 3.05) is 0 Å². The average Bonchev–Trinajstić information content (AvgIpc) is 2.87. The molecule has 0 aromatic rings. The summed E-state index contributed by atoms with van der Waals surface area (Å²) in [6.45, 7) is 3.49. The third-order valence-electron chi connectivity index (χ3n) is 6.60. The summed E-state index contributed by atoms with van der Waals surface area (Å²) in [6.07, 6.45) is 6.47. The average molecular weight is 374 g/mol. The number of allylic oxidation sites excluding steroid dienone is 2. The van der Waals surface area contributed by atoms with Crippen molar-refractivity contribution in [3.8, 4) is 0 Å². The van der Waals surface area contributed by atoms with Gasteiger partial charge in [0.05, 0.1) is 11.7 Å². The quantitative estimate of drug-likeness (QED) is 0.429. The fourth-order valence-electron chi connectivity index (χ4n) is 5.48. The molecule has 0 amide bonds. The van der Waals surface area contributed by atoms with E-state index in [4.69, 9.17) is 9.47 Å². The van der Waals surface area contributed by atoms with Crippen LogP contribution in [-0.4, -0.2) is 41.1 Å². The van der Waals surface area contributed by atoms with E-state index in [0.29, 0.717) is 12.8 Å². The second-order valence-electron chi connectivity index (χ2n) is 8.51. The Morgan fingerprint density at radius 1 is 1.19 bits per heavy atom. The Kier molecular flexibility index (Phi) is 4.70. The van der Waals surface area contributed by atoms with E-state index in [0.717, 1.165) is 6.42 Å². The van der Waals surface area contributed by atoms with Gasteiger partial charge in [0.15, 0.2) is 5.78 Å². The zero-order valence-corrected chi connectivity index (χ0v) is 15.7. The third-order valence-corrected chi connectivity index (χ3v) is 6.60. The second kappa shape index (κ2) is 6.89.